The Morgan fingerprint density at radius 1 is 1.11 bits per heavy atom. The van der Waals surface area contributed by atoms with Gasteiger partial charge in [-0.15, -0.1) is 0 Å². The molecule has 0 N–H and O–H groups in total. The van der Waals surface area contributed by atoms with Gasteiger partial charge in [-0.25, -0.2) is 0 Å². The summed E-state index contributed by atoms with van der Waals surface area (Å²) in [7, 11) is 0. The highest BCUT2D eigenvalue weighted by atomic mass is 16.6. The molecule has 1 fully saturated rings. The highest BCUT2D eigenvalue weighted by Crippen LogP contribution is 2.30. The highest BCUT2D eigenvalue weighted by molar-refractivity contribution is 5.43. The maximum absolute atomic E-state index is 5.79. The van der Waals surface area contributed by atoms with Crippen molar-refractivity contribution in [3.8, 4) is 11.5 Å². The van der Waals surface area contributed by atoms with Gasteiger partial charge < -0.3 is 14.2 Å². The van der Waals surface area contributed by atoms with Crippen LogP contribution in [0.3, 0.4) is 0 Å². The monoisotopic (exact) mass is 264 g/mol. The van der Waals surface area contributed by atoms with Gasteiger partial charge in [0, 0.05) is 0 Å². The lowest BCUT2D eigenvalue weighted by Crippen LogP contribution is -2.02. The number of hydrogen-bond acceptors (Lipinski definition) is 3. The summed E-state index contributed by atoms with van der Waals surface area (Å²) < 4.78 is 16.8. The summed E-state index contributed by atoms with van der Waals surface area (Å²) >= 11 is 0. The van der Waals surface area contributed by atoms with Gasteiger partial charge in [0.1, 0.15) is 0 Å². The van der Waals surface area contributed by atoms with Crippen molar-refractivity contribution in [2.24, 2.45) is 0 Å². The van der Waals surface area contributed by atoms with E-state index in [1.807, 2.05) is 6.07 Å². The minimum absolute atomic E-state index is 0.482. The fourth-order valence-electron chi connectivity index (χ4n) is 1.93. The molecule has 1 heterocycles. The summed E-state index contributed by atoms with van der Waals surface area (Å²) in [4.78, 5) is 0. The van der Waals surface area contributed by atoms with Crippen LogP contribution < -0.4 is 9.47 Å². The summed E-state index contributed by atoms with van der Waals surface area (Å²) in [5, 5.41) is 0. The van der Waals surface area contributed by atoms with E-state index in [0.29, 0.717) is 6.10 Å². The van der Waals surface area contributed by atoms with Crippen molar-refractivity contribution in [2.75, 3.05) is 19.8 Å². The molecule has 0 spiro atoms. The zero-order valence-corrected chi connectivity index (χ0v) is 12.0. The molecule has 2 rings (SSSR count). The van der Waals surface area contributed by atoms with Gasteiger partial charge in [0.25, 0.3) is 0 Å². The molecule has 0 saturated carbocycles. The zero-order chi connectivity index (χ0) is 13.5. The second-order valence-corrected chi connectivity index (χ2v) is 4.97. The van der Waals surface area contributed by atoms with Crippen LogP contribution >= 0.6 is 0 Å². The third kappa shape index (κ3) is 4.75. The highest BCUT2D eigenvalue weighted by Gasteiger charge is 2.21. The molecule has 1 aliphatic heterocycles. The summed E-state index contributed by atoms with van der Waals surface area (Å²) in [6, 6.07) is 6.28. The van der Waals surface area contributed by atoms with Crippen LogP contribution in [0.4, 0.5) is 0 Å². The molecule has 0 amide bonds. The molecule has 1 saturated heterocycles. The van der Waals surface area contributed by atoms with Gasteiger partial charge in [-0.05, 0) is 43.4 Å². The van der Waals surface area contributed by atoms with Crippen LogP contribution in [-0.4, -0.2) is 25.9 Å². The van der Waals surface area contributed by atoms with Crippen LogP contribution in [-0.2, 0) is 11.2 Å². The van der Waals surface area contributed by atoms with Crippen molar-refractivity contribution in [2.45, 2.75) is 45.6 Å². The Morgan fingerprint density at radius 2 is 1.79 bits per heavy atom. The van der Waals surface area contributed by atoms with Crippen molar-refractivity contribution >= 4 is 0 Å². The Bertz CT molecular complexity index is 386. The number of hydrogen-bond donors (Lipinski definition) is 0. The lowest BCUT2D eigenvalue weighted by atomic mass is 10.1. The van der Waals surface area contributed by atoms with Crippen LogP contribution in [0.5, 0.6) is 11.5 Å². The van der Waals surface area contributed by atoms with E-state index in [2.05, 4.69) is 26.0 Å². The van der Waals surface area contributed by atoms with E-state index in [9.17, 15) is 0 Å². The van der Waals surface area contributed by atoms with Gasteiger partial charge in [0.05, 0.1) is 25.9 Å². The van der Waals surface area contributed by atoms with E-state index in [4.69, 9.17) is 14.2 Å². The standard InChI is InChI=1S/C16H24O3/c1-3-9-17-15-8-6-13(5-7-14-12-19-14)11-16(15)18-10-4-2/h6,8,11,14H,3-5,7,9-10,12H2,1-2H3. The maximum atomic E-state index is 5.79. The Morgan fingerprint density at radius 3 is 2.42 bits per heavy atom. The number of ether oxygens (including phenoxy) is 3. The van der Waals surface area contributed by atoms with Crippen molar-refractivity contribution in [1.29, 1.82) is 0 Å². The smallest absolute Gasteiger partial charge is 0.161 e. The Hall–Kier alpha value is -1.22. The predicted molar refractivity (Wildman–Crippen MR) is 76.1 cm³/mol. The van der Waals surface area contributed by atoms with E-state index in [-0.39, 0.29) is 0 Å². The van der Waals surface area contributed by atoms with Gasteiger partial charge in [0.2, 0.25) is 0 Å². The Kier molecular flexibility index (Phi) is 5.52. The van der Waals surface area contributed by atoms with Crippen molar-refractivity contribution in [3.63, 3.8) is 0 Å². The molecule has 3 heteroatoms. The van der Waals surface area contributed by atoms with E-state index in [1.54, 1.807) is 0 Å². The number of epoxide rings is 1. The minimum Gasteiger partial charge on any atom is -0.490 e. The topological polar surface area (TPSA) is 31.0 Å². The molecule has 1 unspecified atom stereocenters. The third-order valence-corrected chi connectivity index (χ3v) is 3.09. The molecule has 1 aliphatic rings. The molecule has 3 nitrogen and oxygen atoms in total. The molecule has 1 atom stereocenters. The van der Waals surface area contributed by atoms with Gasteiger partial charge in [0.15, 0.2) is 11.5 Å². The second-order valence-electron chi connectivity index (χ2n) is 4.97. The molecule has 0 aliphatic carbocycles. The zero-order valence-electron chi connectivity index (χ0n) is 12.0. The van der Waals surface area contributed by atoms with Gasteiger partial charge in [-0.1, -0.05) is 19.9 Å². The first-order valence-electron chi connectivity index (χ1n) is 7.33. The first-order valence-corrected chi connectivity index (χ1v) is 7.33. The number of rotatable bonds is 9. The summed E-state index contributed by atoms with van der Waals surface area (Å²) in [6.45, 7) is 6.61. The van der Waals surface area contributed by atoms with Crippen LogP contribution in [0.15, 0.2) is 18.2 Å². The average molecular weight is 264 g/mol. The molecule has 19 heavy (non-hydrogen) atoms. The third-order valence-electron chi connectivity index (χ3n) is 3.09. The van der Waals surface area contributed by atoms with Gasteiger partial charge in [-0.2, -0.15) is 0 Å². The van der Waals surface area contributed by atoms with Crippen molar-refractivity contribution in [1.82, 2.24) is 0 Å². The van der Waals surface area contributed by atoms with E-state index in [0.717, 1.165) is 57.0 Å². The van der Waals surface area contributed by atoms with Crippen molar-refractivity contribution < 1.29 is 14.2 Å². The van der Waals surface area contributed by atoms with E-state index >= 15 is 0 Å². The quantitative estimate of drug-likeness (QED) is 0.639. The molecule has 0 radical (unpaired) electrons. The average Bonchev–Trinajstić information content (AvgIpc) is 3.25. The number of aryl methyl sites for hydroxylation is 1. The first kappa shape index (κ1) is 14.2. The fourth-order valence-corrected chi connectivity index (χ4v) is 1.93. The van der Waals surface area contributed by atoms with E-state index in [1.165, 1.54) is 5.56 Å². The molecular weight excluding hydrogens is 240 g/mol. The van der Waals surface area contributed by atoms with Crippen LogP contribution in [0.25, 0.3) is 0 Å². The largest absolute Gasteiger partial charge is 0.490 e. The predicted octanol–water partition coefficient (Wildman–Crippen LogP) is 3.60. The fraction of sp³-hybridized carbons (Fsp3) is 0.625. The van der Waals surface area contributed by atoms with Crippen LogP contribution in [0, 0.1) is 0 Å². The Balaban J connectivity index is 1.99. The molecule has 106 valence electrons. The van der Waals surface area contributed by atoms with Gasteiger partial charge >= 0.3 is 0 Å². The molecule has 0 bridgehead atoms. The molecule has 1 aromatic rings. The Labute approximate surface area is 115 Å². The maximum Gasteiger partial charge on any atom is 0.161 e. The van der Waals surface area contributed by atoms with Crippen LogP contribution in [0.2, 0.25) is 0 Å². The minimum atomic E-state index is 0.482. The molecular formula is C16H24O3. The van der Waals surface area contributed by atoms with Gasteiger partial charge in [-0.3, -0.25) is 0 Å². The normalized spacial score (nSPS) is 17.3. The summed E-state index contributed by atoms with van der Waals surface area (Å²) in [6.07, 6.45) is 4.64. The van der Waals surface area contributed by atoms with Crippen molar-refractivity contribution in [3.05, 3.63) is 23.8 Å². The first-order chi connectivity index (χ1) is 9.33. The van der Waals surface area contributed by atoms with Crippen LogP contribution in [0.1, 0.15) is 38.7 Å². The molecule has 1 aromatic carbocycles. The summed E-state index contributed by atoms with van der Waals surface area (Å²) in [5.41, 5.74) is 1.30. The lowest BCUT2D eigenvalue weighted by molar-refractivity contribution is 0.268. The molecule has 0 aromatic heterocycles. The van der Waals surface area contributed by atoms with E-state index < -0.39 is 0 Å². The SMILES string of the molecule is CCCOc1ccc(CCC2CO2)cc1OCCC. The lowest BCUT2D eigenvalue weighted by Gasteiger charge is -2.13. The second kappa shape index (κ2) is 7.39. The summed E-state index contributed by atoms with van der Waals surface area (Å²) in [5.74, 6) is 1.74. The number of benzene rings is 1.